The zero-order chi connectivity index (χ0) is 29.5. The molecule has 41 heavy (non-hydrogen) atoms. The first-order valence-corrected chi connectivity index (χ1v) is 14.3. The third-order valence-electron chi connectivity index (χ3n) is 8.21. The van der Waals surface area contributed by atoms with Crippen LogP contribution in [0, 0.1) is 5.82 Å². The van der Waals surface area contributed by atoms with Crippen molar-refractivity contribution < 1.29 is 23.3 Å². The lowest BCUT2D eigenvalue weighted by Crippen LogP contribution is -2.62. The molecular formula is C30H37BrFN5O4. The van der Waals surface area contributed by atoms with E-state index in [0.29, 0.717) is 35.2 Å². The minimum Gasteiger partial charge on any atom is -0.497 e. The lowest BCUT2D eigenvalue weighted by molar-refractivity contribution is -0.0132. The van der Waals surface area contributed by atoms with Crippen molar-refractivity contribution in [3.8, 4) is 23.0 Å². The second-order valence-electron chi connectivity index (χ2n) is 11.8. The monoisotopic (exact) mass is 629 g/mol. The number of anilines is 3. The van der Waals surface area contributed by atoms with Crippen LogP contribution in [0.2, 0.25) is 0 Å². The number of methoxy groups -OCH3 is 2. The lowest BCUT2D eigenvalue weighted by Gasteiger charge is -2.55. The number of rotatable bonds is 8. The second kappa shape index (κ2) is 11.2. The van der Waals surface area contributed by atoms with Crippen LogP contribution < -0.4 is 29.2 Å². The highest BCUT2D eigenvalue weighted by Crippen LogP contribution is 2.43. The molecule has 2 aromatic carbocycles. The number of fused-ring (bicyclic) bond motifs is 1. The maximum atomic E-state index is 15.7. The van der Waals surface area contributed by atoms with Gasteiger partial charge >= 0.3 is 0 Å². The molecule has 1 N–H and O–H groups in total. The number of hydrogen-bond acceptors (Lipinski definition) is 9. The SMILES string of the molecule is COc1cc(Nc2ncc(F)c(N(Cc3cc4c(cc3Br)OCO4)C3CC(C)(C)N(C)C(C)(C)C3)n2)cc(OC)c1. The quantitative estimate of drug-likeness (QED) is 0.299. The first-order valence-electron chi connectivity index (χ1n) is 13.5. The average Bonchev–Trinajstić information content (AvgIpc) is 3.38. The molecule has 1 aromatic heterocycles. The van der Waals surface area contributed by atoms with Gasteiger partial charge in [0.2, 0.25) is 12.7 Å². The van der Waals surface area contributed by atoms with E-state index in [1.54, 1.807) is 32.4 Å². The van der Waals surface area contributed by atoms with Crippen molar-refractivity contribution in [1.29, 1.82) is 0 Å². The minimum absolute atomic E-state index is 0.0114. The summed E-state index contributed by atoms with van der Waals surface area (Å²) in [5, 5.41) is 3.20. The van der Waals surface area contributed by atoms with Gasteiger partial charge in [-0.15, -0.1) is 0 Å². The van der Waals surface area contributed by atoms with E-state index in [1.165, 1.54) is 6.20 Å². The van der Waals surface area contributed by atoms with Gasteiger partial charge in [-0.1, -0.05) is 15.9 Å². The smallest absolute Gasteiger partial charge is 0.231 e. The van der Waals surface area contributed by atoms with E-state index in [9.17, 15) is 0 Å². The summed E-state index contributed by atoms with van der Waals surface area (Å²) in [5.41, 5.74) is 1.34. The Hall–Kier alpha value is -3.31. The highest BCUT2D eigenvalue weighted by atomic mass is 79.9. The van der Waals surface area contributed by atoms with Gasteiger partial charge in [-0.2, -0.15) is 4.98 Å². The van der Waals surface area contributed by atoms with Crippen molar-refractivity contribution >= 4 is 33.4 Å². The molecule has 2 aliphatic heterocycles. The molecule has 0 saturated carbocycles. The molecule has 0 spiro atoms. The Bertz CT molecular complexity index is 1400. The summed E-state index contributed by atoms with van der Waals surface area (Å²) in [5.74, 6) is 2.57. The average molecular weight is 631 g/mol. The summed E-state index contributed by atoms with van der Waals surface area (Å²) < 4.78 is 38.6. The van der Waals surface area contributed by atoms with Crippen LogP contribution in [0.5, 0.6) is 23.0 Å². The standard InChI is InChI=1S/C30H37BrFN5O4/c1-29(2)13-20(14-30(3,4)36(29)5)37(16-18-8-25-26(12-23(18)31)41-17-40-25)27-24(32)15-33-28(35-27)34-19-9-21(38-6)11-22(10-19)39-7/h8-12,15,20H,13-14,16-17H2,1-7H3,(H,33,34,35). The Morgan fingerprint density at radius 1 is 1.02 bits per heavy atom. The molecule has 11 heteroatoms. The third-order valence-corrected chi connectivity index (χ3v) is 8.95. The first-order chi connectivity index (χ1) is 19.4. The molecule has 3 aromatic rings. The Morgan fingerprint density at radius 3 is 2.24 bits per heavy atom. The summed E-state index contributed by atoms with van der Waals surface area (Å²) in [6, 6.07) is 9.22. The Balaban J connectivity index is 1.56. The Labute approximate surface area is 249 Å². The number of benzene rings is 2. The van der Waals surface area contributed by atoms with Crippen LogP contribution in [0.4, 0.5) is 21.8 Å². The van der Waals surface area contributed by atoms with E-state index in [2.05, 4.69) is 70.8 Å². The van der Waals surface area contributed by atoms with E-state index in [0.717, 1.165) is 22.9 Å². The molecule has 0 atom stereocenters. The summed E-state index contributed by atoms with van der Waals surface area (Å²) in [6.45, 7) is 9.50. The normalized spacial score (nSPS) is 17.8. The summed E-state index contributed by atoms with van der Waals surface area (Å²) >= 11 is 3.70. The maximum absolute atomic E-state index is 15.7. The van der Waals surface area contributed by atoms with Crippen LogP contribution in [0.1, 0.15) is 46.1 Å². The van der Waals surface area contributed by atoms with Crippen molar-refractivity contribution in [1.82, 2.24) is 14.9 Å². The largest absolute Gasteiger partial charge is 0.497 e. The molecule has 1 fully saturated rings. The highest BCUT2D eigenvalue weighted by Gasteiger charge is 2.45. The number of likely N-dealkylation sites (tertiary alicyclic amines) is 1. The molecule has 0 radical (unpaired) electrons. The molecular weight excluding hydrogens is 593 g/mol. The topological polar surface area (TPSA) is 81.2 Å². The summed E-state index contributed by atoms with van der Waals surface area (Å²) in [4.78, 5) is 13.5. The van der Waals surface area contributed by atoms with Gasteiger partial charge in [-0.25, -0.2) is 9.37 Å². The van der Waals surface area contributed by atoms with Gasteiger partial charge in [0.05, 0.1) is 20.4 Å². The molecule has 1 saturated heterocycles. The number of nitrogens with zero attached hydrogens (tertiary/aromatic N) is 4. The summed E-state index contributed by atoms with van der Waals surface area (Å²) in [6.07, 6.45) is 2.85. The maximum Gasteiger partial charge on any atom is 0.231 e. The van der Waals surface area contributed by atoms with Crippen molar-refractivity contribution in [2.24, 2.45) is 0 Å². The van der Waals surface area contributed by atoms with E-state index in [-0.39, 0.29) is 35.7 Å². The number of hydrogen-bond donors (Lipinski definition) is 1. The van der Waals surface area contributed by atoms with Gasteiger partial charge in [-0.3, -0.25) is 4.90 Å². The molecule has 9 nitrogen and oxygen atoms in total. The molecule has 0 aliphatic carbocycles. The minimum atomic E-state index is -0.495. The van der Waals surface area contributed by atoms with Crippen molar-refractivity contribution in [2.75, 3.05) is 38.3 Å². The van der Waals surface area contributed by atoms with E-state index < -0.39 is 5.82 Å². The van der Waals surface area contributed by atoms with Crippen LogP contribution in [0.25, 0.3) is 0 Å². The van der Waals surface area contributed by atoms with E-state index >= 15 is 4.39 Å². The number of aromatic nitrogens is 2. The van der Waals surface area contributed by atoms with Gasteiger partial charge in [0.25, 0.3) is 0 Å². The summed E-state index contributed by atoms with van der Waals surface area (Å²) in [7, 11) is 5.33. The Morgan fingerprint density at radius 2 is 1.63 bits per heavy atom. The zero-order valence-electron chi connectivity index (χ0n) is 24.5. The van der Waals surface area contributed by atoms with Crippen LogP contribution in [0.3, 0.4) is 0 Å². The second-order valence-corrected chi connectivity index (χ2v) is 12.6. The van der Waals surface area contributed by atoms with Crippen LogP contribution in [-0.2, 0) is 6.54 Å². The predicted molar refractivity (Wildman–Crippen MR) is 160 cm³/mol. The van der Waals surface area contributed by atoms with Gasteiger partial charge in [-0.05, 0) is 65.3 Å². The number of ether oxygens (including phenoxy) is 4. The van der Waals surface area contributed by atoms with Gasteiger partial charge < -0.3 is 29.2 Å². The fourth-order valence-electron chi connectivity index (χ4n) is 5.81. The van der Waals surface area contributed by atoms with Crippen molar-refractivity contribution in [3.05, 3.63) is 52.4 Å². The Kier molecular flexibility index (Phi) is 7.95. The first kappa shape index (κ1) is 29.2. The van der Waals surface area contributed by atoms with Gasteiger partial charge in [0, 0.05) is 52.0 Å². The van der Waals surface area contributed by atoms with Crippen molar-refractivity contribution in [2.45, 2.75) is 64.2 Å². The predicted octanol–water partition coefficient (Wildman–Crippen LogP) is 6.53. The van der Waals surface area contributed by atoms with Crippen LogP contribution >= 0.6 is 15.9 Å². The third kappa shape index (κ3) is 6.01. The number of nitrogens with one attached hydrogen (secondary N) is 1. The molecule has 0 amide bonds. The van der Waals surface area contributed by atoms with Crippen LogP contribution in [-0.4, -0.2) is 60.0 Å². The lowest BCUT2D eigenvalue weighted by atomic mass is 9.77. The highest BCUT2D eigenvalue weighted by molar-refractivity contribution is 9.10. The number of piperidine rings is 1. The fourth-order valence-corrected chi connectivity index (χ4v) is 6.26. The molecule has 0 bridgehead atoms. The van der Waals surface area contributed by atoms with E-state index in [4.69, 9.17) is 23.9 Å². The fraction of sp³-hybridized carbons (Fsp3) is 0.467. The van der Waals surface area contributed by atoms with Gasteiger partial charge in [0.15, 0.2) is 23.1 Å². The van der Waals surface area contributed by atoms with E-state index in [1.807, 2.05) is 12.1 Å². The number of halogens is 2. The zero-order valence-corrected chi connectivity index (χ0v) is 26.1. The molecule has 5 rings (SSSR count). The molecule has 0 unspecified atom stereocenters. The van der Waals surface area contributed by atoms with Crippen LogP contribution in [0.15, 0.2) is 41.0 Å². The van der Waals surface area contributed by atoms with Gasteiger partial charge in [0.1, 0.15) is 11.5 Å². The van der Waals surface area contributed by atoms with Crippen molar-refractivity contribution in [3.63, 3.8) is 0 Å². The molecule has 3 heterocycles. The molecule has 220 valence electrons. The molecule has 2 aliphatic rings.